The minimum absolute atomic E-state index is 0.625. The third-order valence-electron chi connectivity index (χ3n) is 2.83. The largest absolute Gasteiger partial charge is 0.0884 e. The molecule has 78 valence electrons. The van der Waals surface area contributed by atoms with Gasteiger partial charge in [0.25, 0.3) is 0 Å². The second-order valence-electron chi connectivity index (χ2n) is 3.78. The molecule has 1 atom stereocenters. The van der Waals surface area contributed by atoms with E-state index in [1.807, 2.05) is 0 Å². The molecular weight excluding hydrogens is 236 g/mol. The van der Waals surface area contributed by atoms with Crippen molar-refractivity contribution in [2.45, 2.75) is 37.9 Å². The summed E-state index contributed by atoms with van der Waals surface area (Å²) in [5.41, 5.74) is 1.43. The zero-order chi connectivity index (χ0) is 10.4. The van der Waals surface area contributed by atoms with Crippen molar-refractivity contribution in [3.63, 3.8) is 0 Å². The van der Waals surface area contributed by atoms with Crippen molar-refractivity contribution in [2.75, 3.05) is 0 Å². The molecular formula is C13H19Br. The van der Waals surface area contributed by atoms with Gasteiger partial charge < -0.3 is 0 Å². The standard InChI is InChI=1S/C13H19Br/c1-3-12(4-2)13(14)10-11-8-6-5-7-9-11/h5-9,12-13H,3-4,10H2,1-2H3. The van der Waals surface area contributed by atoms with Crippen molar-refractivity contribution in [2.24, 2.45) is 5.92 Å². The third-order valence-corrected chi connectivity index (χ3v) is 3.91. The van der Waals surface area contributed by atoms with E-state index in [1.54, 1.807) is 0 Å². The van der Waals surface area contributed by atoms with Gasteiger partial charge in [0.05, 0.1) is 0 Å². The molecule has 0 heterocycles. The average molecular weight is 255 g/mol. The first-order chi connectivity index (χ1) is 6.77. The first-order valence-electron chi connectivity index (χ1n) is 5.45. The molecule has 0 radical (unpaired) electrons. The van der Waals surface area contributed by atoms with Crippen LogP contribution in [0.4, 0.5) is 0 Å². The second kappa shape index (κ2) is 6.23. The van der Waals surface area contributed by atoms with E-state index in [9.17, 15) is 0 Å². The van der Waals surface area contributed by atoms with Crippen LogP contribution in [0, 0.1) is 5.92 Å². The van der Waals surface area contributed by atoms with E-state index in [1.165, 1.54) is 18.4 Å². The molecule has 0 N–H and O–H groups in total. The van der Waals surface area contributed by atoms with Crippen molar-refractivity contribution in [1.29, 1.82) is 0 Å². The van der Waals surface area contributed by atoms with Gasteiger partial charge in [-0.25, -0.2) is 0 Å². The van der Waals surface area contributed by atoms with Gasteiger partial charge in [-0.3, -0.25) is 0 Å². The van der Waals surface area contributed by atoms with Crippen molar-refractivity contribution in [1.82, 2.24) is 0 Å². The molecule has 0 nitrogen and oxygen atoms in total. The van der Waals surface area contributed by atoms with Gasteiger partial charge in [-0.05, 0) is 17.9 Å². The SMILES string of the molecule is CCC(CC)C(Br)Cc1ccccc1. The third kappa shape index (κ3) is 3.45. The summed E-state index contributed by atoms with van der Waals surface area (Å²) >= 11 is 3.80. The molecule has 0 aliphatic rings. The van der Waals surface area contributed by atoms with Crippen LogP contribution in [0.25, 0.3) is 0 Å². The summed E-state index contributed by atoms with van der Waals surface area (Å²) in [6, 6.07) is 10.7. The summed E-state index contributed by atoms with van der Waals surface area (Å²) in [6.45, 7) is 4.54. The number of rotatable bonds is 5. The molecule has 0 aliphatic heterocycles. The lowest BCUT2D eigenvalue weighted by molar-refractivity contribution is 0.475. The van der Waals surface area contributed by atoms with E-state index in [0.29, 0.717) is 4.83 Å². The van der Waals surface area contributed by atoms with Crippen LogP contribution in [0.1, 0.15) is 32.3 Å². The van der Waals surface area contributed by atoms with Gasteiger partial charge >= 0.3 is 0 Å². The van der Waals surface area contributed by atoms with Crippen molar-refractivity contribution >= 4 is 15.9 Å². The fourth-order valence-electron chi connectivity index (χ4n) is 1.81. The zero-order valence-corrected chi connectivity index (χ0v) is 10.6. The lowest BCUT2D eigenvalue weighted by atomic mass is 9.95. The molecule has 0 saturated heterocycles. The van der Waals surface area contributed by atoms with Gasteiger partial charge in [0.2, 0.25) is 0 Å². The Morgan fingerprint density at radius 3 is 2.14 bits per heavy atom. The molecule has 0 spiro atoms. The summed E-state index contributed by atoms with van der Waals surface area (Å²) in [7, 11) is 0. The Morgan fingerprint density at radius 2 is 1.64 bits per heavy atom. The number of hydrogen-bond donors (Lipinski definition) is 0. The second-order valence-corrected chi connectivity index (χ2v) is 4.96. The molecule has 1 unspecified atom stereocenters. The highest BCUT2D eigenvalue weighted by Crippen LogP contribution is 2.23. The maximum atomic E-state index is 3.80. The number of hydrogen-bond acceptors (Lipinski definition) is 0. The highest BCUT2D eigenvalue weighted by atomic mass is 79.9. The Morgan fingerprint density at radius 1 is 1.07 bits per heavy atom. The van der Waals surface area contributed by atoms with Crippen molar-refractivity contribution in [3.8, 4) is 0 Å². The highest BCUT2D eigenvalue weighted by Gasteiger charge is 2.15. The Hall–Kier alpha value is -0.300. The van der Waals surface area contributed by atoms with Gasteiger partial charge in [-0.1, -0.05) is 73.0 Å². The predicted molar refractivity (Wildman–Crippen MR) is 66.9 cm³/mol. The smallest absolute Gasteiger partial charge is 0.0214 e. The molecule has 14 heavy (non-hydrogen) atoms. The maximum Gasteiger partial charge on any atom is 0.0214 e. The average Bonchev–Trinajstić information content (AvgIpc) is 2.21. The molecule has 0 fully saturated rings. The van der Waals surface area contributed by atoms with Crippen LogP contribution in [0.3, 0.4) is 0 Å². The summed E-state index contributed by atoms with van der Waals surface area (Å²) in [6.07, 6.45) is 3.67. The number of alkyl halides is 1. The quantitative estimate of drug-likeness (QED) is 0.683. The number of benzene rings is 1. The molecule has 1 aromatic carbocycles. The lowest BCUT2D eigenvalue weighted by Crippen LogP contribution is -2.15. The number of halogens is 1. The van der Waals surface area contributed by atoms with Gasteiger partial charge in [0.1, 0.15) is 0 Å². The minimum atomic E-state index is 0.625. The minimum Gasteiger partial charge on any atom is -0.0884 e. The molecule has 0 bridgehead atoms. The highest BCUT2D eigenvalue weighted by molar-refractivity contribution is 9.09. The summed E-state index contributed by atoms with van der Waals surface area (Å²) in [4.78, 5) is 0.625. The zero-order valence-electron chi connectivity index (χ0n) is 9.04. The topological polar surface area (TPSA) is 0 Å². The van der Waals surface area contributed by atoms with Gasteiger partial charge in [0, 0.05) is 4.83 Å². The monoisotopic (exact) mass is 254 g/mol. The van der Waals surface area contributed by atoms with Crippen LogP contribution in [0.2, 0.25) is 0 Å². The van der Waals surface area contributed by atoms with Crippen LogP contribution >= 0.6 is 15.9 Å². The molecule has 0 aromatic heterocycles. The molecule has 0 saturated carbocycles. The first kappa shape index (κ1) is 11.8. The van der Waals surface area contributed by atoms with E-state index in [4.69, 9.17) is 0 Å². The summed E-state index contributed by atoms with van der Waals surface area (Å²) in [5, 5.41) is 0. The van der Waals surface area contributed by atoms with Crippen LogP contribution < -0.4 is 0 Å². The normalized spacial score (nSPS) is 13.1. The Labute approximate surface area is 95.9 Å². The van der Waals surface area contributed by atoms with Crippen LogP contribution in [0.15, 0.2) is 30.3 Å². The molecule has 1 aromatic rings. The Balaban J connectivity index is 2.52. The van der Waals surface area contributed by atoms with Gasteiger partial charge in [-0.2, -0.15) is 0 Å². The van der Waals surface area contributed by atoms with Gasteiger partial charge in [0.15, 0.2) is 0 Å². The Kier molecular flexibility index (Phi) is 5.24. The van der Waals surface area contributed by atoms with Gasteiger partial charge in [-0.15, -0.1) is 0 Å². The van der Waals surface area contributed by atoms with E-state index in [-0.39, 0.29) is 0 Å². The van der Waals surface area contributed by atoms with Crippen LogP contribution in [-0.4, -0.2) is 4.83 Å². The molecule has 0 aliphatic carbocycles. The fraction of sp³-hybridized carbons (Fsp3) is 0.538. The maximum absolute atomic E-state index is 3.80. The fourth-order valence-corrected chi connectivity index (χ4v) is 2.93. The molecule has 1 heteroatoms. The van der Waals surface area contributed by atoms with E-state index < -0.39 is 0 Å². The molecule has 0 amide bonds. The van der Waals surface area contributed by atoms with Crippen molar-refractivity contribution in [3.05, 3.63) is 35.9 Å². The van der Waals surface area contributed by atoms with Crippen LogP contribution in [-0.2, 0) is 6.42 Å². The molecule has 1 rings (SSSR count). The predicted octanol–water partition coefficient (Wildman–Crippen LogP) is 4.43. The van der Waals surface area contributed by atoms with E-state index >= 15 is 0 Å². The first-order valence-corrected chi connectivity index (χ1v) is 6.37. The Bertz CT molecular complexity index is 239. The summed E-state index contributed by atoms with van der Waals surface area (Å²) < 4.78 is 0. The van der Waals surface area contributed by atoms with Crippen molar-refractivity contribution < 1.29 is 0 Å². The van der Waals surface area contributed by atoms with E-state index in [0.717, 1.165) is 12.3 Å². The lowest BCUT2D eigenvalue weighted by Gasteiger charge is -2.19. The summed E-state index contributed by atoms with van der Waals surface area (Å²) in [5.74, 6) is 0.801. The van der Waals surface area contributed by atoms with E-state index in [2.05, 4.69) is 60.1 Å². The van der Waals surface area contributed by atoms with Crippen LogP contribution in [0.5, 0.6) is 0 Å².